The molecule has 1 aromatic rings. The number of hydrogen-bond acceptors (Lipinski definition) is 2. The third-order valence-corrected chi connectivity index (χ3v) is 4.53. The average molecular weight is 295 g/mol. The van der Waals surface area contributed by atoms with Gasteiger partial charge in [-0.2, -0.15) is 0 Å². The van der Waals surface area contributed by atoms with Crippen LogP contribution in [0.2, 0.25) is 5.15 Å². The lowest BCUT2D eigenvalue weighted by molar-refractivity contribution is 0.0868. The van der Waals surface area contributed by atoms with Gasteiger partial charge < -0.3 is 5.32 Å². The Morgan fingerprint density at radius 1 is 1.45 bits per heavy atom. The van der Waals surface area contributed by atoms with Gasteiger partial charge in [-0.1, -0.05) is 38.8 Å². The minimum absolute atomic E-state index is 0.0425. The molecule has 1 saturated carbocycles. The molecule has 1 amide bonds. The molecule has 0 aromatic carbocycles. The summed E-state index contributed by atoms with van der Waals surface area (Å²) in [6, 6.07) is 3.59. The van der Waals surface area contributed by atoms with Crippen LogP contribution in [-0.4, -0.2) is 16.9 Å². The highest BCUT2D eigenvalue weighted by molar-refractivity contribution is 6.29. The molecule has 3 nitrogen and oxygen atoms in total. The number of carbonyl (C=O) groups is 1. The number of aromatic nitrogens is 1. The molecule has 0 bridgehead atoms. The fraction of sp³-hybridized carbons (Fsp3) is 0.625. The highest BCUT2D eigenvalue weighted by Gasteiger charge is 2.31. The van der Waals surface area contributed by atoms with Crippen molar-refractivity contribution in [2.24, 2.45) is 17.8 Å². The van der Waals surface area contributed by atoms with Crippen molar-refractivity contribution >= 4 is 17.5 Å². The molecule has 1 heterocycles. The largest absolute Gasteiger partial charge is 0.349 e. The van der Waals surface area contributed by atoms with Gasteiger partial charge in [0.25, 0.3) is 5.91 Å². The number of nitrogens with zero attached hydrogens (tertiary/aromatic N) is 1. The number of hydrogen-bond donors (Lipinski definition) is 1. The number of halogens is 1. The van der Waals surface area contributed by atoms with Crippen LogP contribution in [0.3, 0.4) is 0 Å². The van der Waals surface area contributed by atoms with Gasteiger partial charge in [-0.15, -0.1) is 0 Å². The van der Waals surface area contributed by atoms with Crippen molar-refractivity contribution in [2.75, 3.05) is 0 Å². The fourth-order valence-electron chi connectivity index (χ4n) is 3.16. The monoisotopic (exact) mass is 294 g/mol. The molecule has 20 heavy (non-hydrogen) atoms. The molecule has 1 fully saturated rings. The predicted molar refractivity (Wildman–Crippen MR) is 81.8 cm³/mol. The smallest absolute Gasteiger partial charge is 0.251 e. The summed E-state index contributed by atoms with van der Waals surface area (Å²) < 4.78 is 0. The zero-order valence-corrected chi connectivity index (χ0v) is 13.2. The number of carbonyl (C=O) groups excluding carboxylic acids is 1. The summed E-state index contributed by atoms with van der Waals surface area (Å²) in [6.45, 7) is 6.74. The van der Waals surface area contributed by atoms with E-state index < -0.39 is 0 Å². The molecule has 1 aliphatic carbocycles. The molecule has 3 unspecified atom stereocenters. The molecule has 2 rings (SSSR count). The van der Waals surface area contributed by atoms with Crippen molar-refractivity contribution in [3.8, 4) is 0 Å². The molecular formula is C16H23ClN2O. The highest BCUT2D eigenvalue weighted by atomic mass is 35.5. The Labute approximate surface area is 126 Å². The maximum atomic E-state index is 12.3. The van der Waals surface area contributed by atoms with Crippen molar-refractivity contribution in [1.82, 2.24) is 10.3 Å². The molecule has 0 saturated heterocycles. The second-order valence-corrected chi connectivity index (χ2v) is 6.66. The molecule has 110 valence electrons. The fourth-order valence-corrected chi connectivity index (χ4v) is 3.34. The molecule has 0 aliphatic heterocycles. The van der Waals surface area contributed by atoms with Crippen molar-refractivity contribution in [3.63, 3.8) is 0 Å². The summed E-state index contributed by atoms with van der Waals surface area (Å²) in [5, 5.41) is 3.56. The van der Waals surface area contributed by atoms with Crippen molar-refractivity contribution < 1.29 is 4.79 Å². The second kappa shape index (κ2) is 6.57. The van der Waals surface area contributed by atoms with Gasteiger partial charge in [0.15, 0.2) is 0 Å². The molecule has 0 spiro atoms. The Morgan fingerprint density at radius 2 is 2.20 bits per heavy atom. The Balaban J connectivity index is 2.08. The van der Waals surface area contributed by atoms with E-state index in [1.165, 1.54) is 12.8 Å². The Hall–Kier alpha value is -1.09. The van der Waals surface area contributed by atoms with Crippen LogP contribution in [0.1, 0.15) is 50.4 Å². The van der Waals surface area contributed by atoms with Gasteiger partial charge in [-0.3, -0.25) is 4.79 Å². The van der Waals surface area contributed by atoms with Gasteiger partial charge >= 0.3 is 0 Å². The number of amides is 1. The van der Waals surface area contributed by atoms with E-state index in [-0.39, 0.29) is 11.9 Å². The molecule has 1 aromatic heterocycles. The number of rotatable bonds is 3. The van der Waals surface area contributed by atoms with E-state index in [2.05, 4.69) is 31.1 Å². The second-order valence-electron chi connectivity index (χ2n) is 6.27. The topological polar surface area (TPSA) is 42.0 Å². The van der Waals surface area contributed by atoms with Crippen LogP contribution in [0, 0.1) is 17.8 Å². The zero-order valence-electron chi connectivity index (χ0n) is 12.4. The minimum atomic E-state index is -0.0425. The summed E-state index contributed by atoms with van der Waals surface area (Å²) >= 11 is 5.84. The maximum Gasteiger partial charge on any atom is 0.251 e. The van der Waals surface area contributed by atoms with Crippen LogP contribution in [0.15, 0.2) is 18.3 Å². The molecule has 3 atom stereocenters. The van der Waals surface area contributed by atoms with Crippen molar-refractivity contribution in [2.45, 2.75) is 46.1 Å². The van der Waals surface area contributed by atoms with Crippen LogP contribution < -0.4 is 5.32 Å². The third-order valence-electron chi connectivity index (χ3n) is 4.33. The number of nitrogens with one attached hydrogen (secondary N) is 1. The Morgan fingerprint density at radius 3 is 2.85 bits per heavy atom. The van der Waals surface area contributed by atoms with Crippen molar-refractivity contribution in [1.29, 1.82) is 0 Å². The zero-order chi connectivity index (χ0) is 14.7. The SMILES string of the molecule is CC1CCC(C(C)C)C(NC(=O)c2ccnc(Cl)c2)C1. The number of pyridine rings is 1. The quantitative estimate of drug-likeness (QED) is 0.858. The first-order chi connectivity index (χ1) is 9.47. The standard InChI is InChI=1S/C16H23ClN2O/c1-10(2)13-5-4-11(3)8-14(13)19-16(20)12-6-7-18-15(17)9-12/h6-7,9-11,13-14H,4-5,8H2,1-3H3,(H,19,20). The minimum Gasteiger partial charge on any atom is -0.349 e. The van der Waals surface area contributed by atoms with Gasteiger partial charge in [-0.05, 0) is 42.7 Å². The van der Waals surface area contributed by atoms with E-state index in [1.807, 2.05) is 0 Å². The Kier molecular flexibility index (Phi) is 5.03. The van der Waals surface area contributed by atoms with Crippen molar-refractivity contribution in [3.05, 3.63) is 29.0 Å². The van der Waals surface area contributed by atoms with Crippen LogP contribution >= 0.6 is 11.6 Å². The predicted octanol–water partition coefficient (Wildman–Crippen LogP) is 3.93. The van der Waals surface area contributed by atoms with Gasteiger partial charge in [0.2, 0.25) is 0 Å². The summed E-state index contributed by atoms with van der Waals surface area (Å²) in [5.74, 6) is 1.79. The summed E-state index contributed by atoms with van der Waals surface area (Å²) in [6.07, 6.45) is 5.09. The Bertz CT molecular complexity index is 475. The normalized spacial score (nSPS) is 26.6. The highest BCUT2D eigenvalue weighted by Crippen LogP contribution is 2.33. The lowest BCUT2D eigenvalue weighted by Crippen LogP contribution is -2.45. The van der Waals surface area contributed by atoms with Crippen LogP contribution in [0.5, 0.6) is 0 Å². The molecule has 4 heteroatoms. The van der Waals surface area contributed by atoms with Crippen LogP contribution in [0.25, 0.3) is 0 Å². The van der Waals surface area contributed by atoms with E-state index >= 15 is 0 Å². The third kappa shape index (κ3) is 3.72. The lowest BCUT2D eigenvalue weighted by atomic mass is 9.74. The van der Waals surface area contributed by atoms with Crippen LogP contribution in [0.4, 0.5) is 0 Å². The lowest BCUT2D eigenvalue weighted by Gasteiger charge is -2.37. The summed E-state index contributed by atoms with van der Waals surface area (Å²) in [5.41, 5.74) is 0.589. The first kappa shape index (κ1) is 15.3. The van der Waals surface area contributed by atoms with E-state index in [4.69, 9.17) is 11.6 Å². The van der Waals surface area contributed by atoms with E-state index in [1.54, 1.807) is 18.3 Å². The van der Waals surface area contributed by atoms with E-state index in [0.29, 0.717) is 28.5 Å². The van der Waals surface area contributed by atoms with E-state index in [9.17, 15) is 4.79 Å². The maximum absolute atomic E-state index is 12.3. The molecular weight excluding hydrogens is 272 g/mol. The molecule has 1 aliphatic rings. The van der Waals surface area contributed by atoms with Gasteiger partial charge in [0.05, 0.1) is 0 Å². The van der Waals surface area contributed by atoms with Gasteiger partial charge in [0, 0.05) is 17.8 Å². The molecule has 1 N–H and O–H groups in total. The summed E-state index contributed by atoms with van der Waals surface area (Å²) in [7, 11) is 0. The van der Waals surface area contributed by atoms with Gasteiger partial charge in [-0.25, -0.2) is 4.98 Å². The van der Waals surface area contributed by atoms with Gasteiger partial charge in [0.1, 0.15) is 5.15 Å². The first-order valence-electron chi connectivity index (χ1n) is 7.39. The summed E-state index contributed by atoms with van der Waals surface area (Å²) in [4.78, 5) is 16.3. The average Bonchev–Trinajstić information content (AvgIpc) is 2.38. The van der Waals surface area contributed by atoms with E-state index in [0.717, 1.165) is 6.42 Å². The van der Waals surface area contributed by atoms with Crippen LogP contribution in [-0.2, 0) is 0 Å². The first-order valence-corrected chi connectivity index (χ1v) is 7.77. The molecule has 0 radical (unpaired) electrons.